The summed E-state index contributed by atoms with van der Waals surface area (Å²) in [7, 11) is 3.61. The summed E-state index contributed by atoms with van der Waals surface area (Å²) in [5, 5.41) is 0. The maximum absolute atomic E-state index is 13.8. The molecule has 0 atom stereocenters. The molecule has 2 aliphatic heterocycles. The summed E-state index contributed by atoms with van der Waals surface area (Å²) in [6, 6.07) is 0.645. The molecule has 0 aliphatic carbocycles. The van der Waals surface area contributed by atoms with Gasteiger partial charge >= 0.3 is 6.09 Å². The number of halogens is 2. The second-order valence-electron chi connectivity index (χ2n) is 7.54. The second kappa shape index (κ2) is 9.00. The normalized spacial score (nSPS) is 18.6. The molecule has 0 N–H and O–H groups in total. The first kappa shape index (κ1) is 21.4. The summed E-state index contributed by atoms with van der Waals surface area (Å²) >= 11 is 0. The number of carbonyl (C=O) groups excluding carboxylic acids is 2. The smallest absolute Gasteiger partial charge is 0.410 e. The van der Waals surface area contributed by atoms with E-state index in [0.717, 1.165) is 12.7 Å². The van der Waals surface area contributed by atoms with Crippen LogP contribution in [0.25, 0.3) is 0 Å². The summed E-state index contributed by atoms with van der Waals surface area (Å²) in [6.07, 6.45) is 1.39. The molecule has 2 saturated heterocycles. The fourth-order valence-corrected chi connectivity index (χ4v) is 3.61. The van der Waals surface area contributed by atoms with Gasteiger partial charge in [0.15, 0.2) is 11.5 Å². The Kier molecular flexibility index (Phi) is 6.63. The Morgan fingerprint density at radius 1 is 1.34 bits per heavy atom. The molecule has 160 valence electrons. The van der Waals surface area contributed by atoms with E-state index >= 15 is 0 Å². The lowest BCUT2D eigenvalue weighted by Gasteiger charge is -2.37. The van der Waals surface area contributed by atoms with E-state index in [2.05, 4.69) is 9.88 Å². The standard InChI is InChI=1S/C19H26F2N4O4/c1-23(9-10-28-2)7-8-25-13-19(29-18(25)27)3-5-24(6-4-19)17(26)16-15(21)11-14(20)12-22-16/h11-12H,3-10,13H2,1-2H3. The van der Waals surface area contributed by atoms with Crippen molar-refractivity contribution in [2.45, 2.75) is 18.4 Å². The van der Waals surface area contributed by atoms with Gasteiger partial charge in [-0.05, 0) is 7.05 Å². The van der Waals surface area contributed by atoms with Gasteiger partial charge in [-0.25, -0.2) is 18.6 Å². The van der Waals surface area contributed by atoms with Crippen LogP contribution in [0, 0.1) is 11.6 Å². The van der Waals surface area contributed by atoms with E-state index in [4.69, 9.17) is 9.47 Å². The van der Waals surface area contributed by atoms with Crippen LogP contribution >= 0.6 is 0 Å². The first-order valence-electron chi connectivity index (χ1n) is 9.59. The fourth-order valence-electron chi connectivity index (χ4n) is 3.61. The van der Waals surface area contributed by atoms with E-state index in [9.17, 15) is 18.4 Å². The number of nitrogens with zero attached hydrogens (tertiary/aromatic N) is 4. The number of aromatic nitrogens is 1. The quantitative estimate of drug-likeness (QED) is 0.673. The molecule has 8 nitrogen and oxygen atoms in total. The molecule has 3 heterocycles. The second-order valence-corrected chi connectivity index (χ2v) is 7.54. The van der Waals surface area contributed by atoms with Crippen LogP contribution in [0.2, 0.25) is 0 Å². The number of likely N-dealkylation sites (N-methyl/N-ethyl adjacent to an activating group) is 1. The SMILES string of the molecule is COCCN(C)CCN1CC2(CCN(C(=O)c3ncc(F)cc3F)CC2)OC1=O. The Balaban J connectivity index is 1.53. The van der Waals surface area contributed by atoms with Gasteiger partial charge in [0.1, 0.15) is 11.4 Å². The van der Waals surface area contributed by atoms with Crippen molar-refractivity contribution in [3.63, 3.8) is 0 Å². The van der Waals surface area contributed by atoms with Crippen molar-refractivity contribution < 1.29 is 27.8 Å². The molecule has 10 heteroatoms. The molecule has 0 aromatic carbocycles. The summed E-state index contributed by atoms with van der Waals surface area (Å²) in [4.78, 5) is 33.6. The molecule has 1 spiro atoms. The highest BCUT2D eigenvalue weighted by Crippen LogP contribution is 2.33. The molecule has 0 saturated carbocycles. The van der Waals surface area contributed by atoms with Crippen LogP contribution in [-0.2, 0) is 9.47 Å². The molecule has 2 aliphatic rings. The van der Waals surface area contributed by atoms with Crippen molar-refractivity contribution in [3.8, 4) is 0 Å². The molecule has 29 heavy (non-hydrogen) atoms. The minimum atomic E-state index is -0.980. The Hall–Kier alpha value is -2.33. The lowest BCUT2D eigenvalue weighted by molar-refractivity contribution is 0.00283. The van der Waals surface area contributed by atoms with E-state index in [1.807, 2.05) is 7.05 Å². The van der Waals surface area contributed by atoms with Gasteiger partial charge < -0.3 is 24.2 Å². The number of methoxy groups -OCH3 is 1. The topological polar surface area (TPSA) is 75.2 Å². The van der Waals surface area contributed by atoms with Gasteiger partial charge in [-0.3, -0.25) is 4.79 Å². The number of amides is 2. The molecular weight excluding hydrogens is 386 g/mol. The van der Waals surface area contributed by atoms with Crippen LogP contribution in [0.1, 0.15) is 23.3 Å². The monoisotopic (exact) mass is 412 g/mol. The van der Waals surface area contributed by atoms with Crippen LogP contribution in [0.15, 0.2) is 12.3 Å². The van der Waals surface area contributed by atoms with E-state index in [0.29, 0.717) is 58.2 Å². The summed E-state index contributed by atoms with van der Waals surface area (Å²) in [5.41, 5.74) is -1.03. The van der Waals surface area contributed by atoms with Crippen molar-refractivity contribution in [1.82, 2.24) is 19.7 Å². The highest BCUT2D eigenvalue weighted by Gasteiger charge is 2.47. The average Bonchev–Trinajstić information content (AvgIpc) is 2.99. The zero-order valence-corrected chi connectivity index (χ0v) is 16.7. The number of hydrogen-bond donors (Lipinski definition) is 0. The Morgan fingerprint density at radius 3 is 2.72 bits per heavy atom. The lowest BCUT2D eigenvalue weighted by atomic mass is 9.91. The van der Waals surface area contributed by atoms with Crippen molar-refractivity contribution in [3.05, 3.63) is 29.6 Å². The van der Waals surface area contributed by atoms with E-state index in [1.165, 1.54) is 4.90 Å². The third-order valence-corrected chi connectivity index (χ3v) is 5.44. The molecule has 3 rings (SSSR count). The van der Waals surface area contributed by atoms with Gasteiger partial charge in [-0.15, -0.1) is 0 Å². The number of piperidine rings is 1. The van der Waals surface area contributed by atoms with Crippen LogP contribution < -0.4 is 0 Å². The number of pyridine rings is 1. The van der Waals surface area contributed by atoms with Gasteiger partial charge in [0.2, 0.25) is 0 Å². The van der Waals surface area contributed by atoms with Crippen molar-refractivity contribution in [2.24, 2.45) is 0 Å². The first-order valence-corrected chi connectivity index (χ1v) is 9.59. The zero-order valence-electron chi connectivity index (χ0n) is 16.7. The molecule has 0 unspecified atom stereocenters. The van der Waals surface area contributed by atoms with Gasteiger partial charge in [0.05, 0.1) is 19.3 Å². The van der Waals surface area contributed by atoms with Crippen molar-refractivity contribution in [1.29, 1.82) is 0 Å². The molecule has 2 amide bonds. The maximum Gasteiger partial charge on any atom is 0.410 e. The highest BCUT2D eigenvalue weighted by atomic mass is 19.1. The Bertz CT molecular complexity index is 756. The largest absolute Gasteiger partial charge is 0.441 e. The molecule has 2 fully saturated rings. The fraction of sp³-hybridized carbons (Fsp3) is 0.632. The molecule has 1 aromatic rings. The molecular formula is C19H26F2N4O4. The van der Waals surface area contributed by atoms with Gasteiger partial charge in [0.25, 0.3) is 5.91 Å². The third-order valence-electron chi connectivity index (χ3n) is 5.44. The lowest BCUT2D eigenvalue weighted by Crippen LogP contribution is -2.49. The Morgan fingerprint density at radius 2 is 2.07 bits per heavy atom. The predicted molar refractivity (Wildman–Crippen MR) is 99.4 cm³/mol. The predicted octanol–water partition coefficient (Wildman–Crippen LogP) is 1.36. The number of likely N-dealkylation sites (tertiary alicyclic amines) is 1. The van der Waals surface area contributed by atoms with Gasteiger partial charge in [-0.1, -0.05) is 0 Å². The minimum absolute atomic E-state index is 0.312. The van der Waals surface area contributed by atoms with Crippen LogP contribution in [-0.4, -0.2) is 97.3 Å². The summed E-state index contributed by atoms with van der Waals surface area (Å²) < 4.78 is 37.6. The van der Waals surface area contributed by atoms with Gasteiger partial charge in [-0.2, -0.15) is 0 Å². The summed E-state index contributed by atoms with van der Waals surface area (Å²) in [6.45, 7) is 3.74. The zero-order chi connectivity index (χ0) is 21.0. The first-order chi connectivity index (χ1) is 13.8. The molecule has 0 bridgehead atoms. The Labute approximate surface area is 168 Å². The molecule has 0 radical (unpaired) electrons. The number of carbonyl (C=O) groups is 2. The van der Waals surface area contributed by atoms with Crippen LogP contribution in [0.3, 0.4) is 0 Å². The van der Waals surface area contributed by atoms with E-state index in [1.54, 1.807) is 12.0 Å². The van der Waals surface area contributed by atoms with E-state index in [-0.39, 0.29) is 6.09 Å². The average molecular weight is 412 g/mol. The van der Waals surface area contributed by atoms with Crippen LogP contribution in [0.5, 0.6) is 0 Å². The third kappa shape index (κ3) is 4.99. The number of ether oxygens (including phenoxy) is 2. The highest BCUT2D eigenvalue weighted by molar-refractivity contribution is 5.92. The van der Waals surface area contributed by atoms with Gasteiger partial charge in [0, 0.05) is 58.7 Å². The number of hydrogen-bond acceptors (Lipinski definition) is 6. The number of rotatable bonds is 7. The van der Waals surface area contributed by atoms with Crippen LogP contribution in [0.4, 0.5) is 13.6 Å². The van der Waals surface area contributed by atoms with E-state index < -0.39 is 28.8 Å². The van der Waals surface area contributed by atoms with Crippen molar-refractivity contribution >= 4 is 12.0 Å². The van der Waals surface area contributed by atoms with Crippen molar-refractivity contribution in [2.75, 3.05) is 60.0 Å². The maximum atomic E-state index is 13.8. The minimum Gasteiger partial charge on any atom is -0.441 e. The molecule has 1 aromatic heterocycles. The summed E-state index contributed by atoms with van der Waals surface area (Å²) in [5.74, 6) is -2.40.